The zero-order chi connectivity index (χ0) is 12.8. The van der Waals surface area contributed by atoms with Gasteiger partial charge < -0.3 is 5.32 Å². The van der Waals surface area contributed by atoms with E-state index in [9.17, 15) is 0 Å². The van der Waals surface area contributed by atoms with Gasteiger partial charge >= 0.3 is 0 Å². The summed E-state index contributed by atoms with van der Waals surface area (Å²) in [6.45, 7) is 13.3. The molecule has 0 bridgehead atoms. The molecule has 0 aliphatic rings. The number of thiophene rings is 1. The standard InChI is InChI=1S/C14H24N2S/c1-11(2)9-16(5)10-14-7-6-13(17-14)8-15-12(3)4/h6-7,12,15H,1,8-10H2,2-5H3. The number of nitrogens with zero attached hydrogens (tertiary/aromatic N) is 1. The minimum atomic E-state index is 0.548. The number of nitrogens with one attached hydrogen (secondary N) is 1. The Labute approximate surface area is 109 Å². The smallest absolute Gasteiger partial charge is 0.0328 e. The number of hydrogen-bond acceptors (Lipinski definition) is 3. The van der Waals surface area contributed by atoms with Crippen LogP contribution in [0.1, 0.15) is 30.5 Å². The highest BCUT2D eigenvalue weighted by Crippen LogP contribution is 2.18. The molecule has 0 fully saturated rings. The van der Waals surface area contributed by atoms with E-state index in [1.807, 2.05) is 11.3 Å². The molecule has 0 unspecified atom stereocenters. The van der Waals surface area contributed by atoms with Crippen LogP contribution in [0.25, 0.3) is 0 Å². The maximum Gasteiger partial charge on any atom is 0.0328 e. The molecule has 0 saturated heterocycles. The molecule has 2 nitrogen and oxygen atoms in total. The largest absolute Gasteiger partial charge is 0.310 e. The summed E-state index contributed by atoms with van der Waals surface area (Å²) in [5.41, 5.74) is 1.21. The monoisotopic (exact) mass is 252 g/mol. The number of hydrogen-bond donors (Lipinski definition) is 1. The van der Waals surface area contributed by atoms with E-state index in [-0.39, 0.29) is 0 Å². The summed E-state index contributed by atoms with van der Waals surface area (Å²) in [5, 5.41) is 3.44. The molecule has 0 atom stereocenters. The molecule has 0 amide bonds. The zero-order valence-electron chi connectivity index (χ0n) is 11.4. The highest BCUT2D eigenvalue weighted by Gasteiger charge is 2.04. The van der Waals surface area contributed by atoms with Gasteiger partial charge in [0, 0.05) is 35.4 Å². The van der Waals surface area contributed by atoms with Gasteiger partial charge in [-0.25, -0.2) is 0 Å². The first-order chi connectivity index (χ1) is 7.97. The van der Waals surface area contributed by atoms with Gasteiger partial charge in [-0.05, 0) is 26.1 Å². The third-order valence-electron chi connectivity index (χ3n) is 2.37. The minimum Gasteiger partial charge on any atom is -0.310 e. The fourth-order valence-corrected chi connectivity index (χ4v) is 2.74. The molecule has 0 spiro atoms. The van der Waals surface area contributed by atoms with Gasteiger partial charge in [-0.3, -0.25) is 4.90 Å². The predicted molar refractivity (Wildman–Crippen MR) is 77.4 cm³/mol. The van der Waals surface area contributed by atoms with Gasteiger partial charge in [0.15, 0.2) is 0 Å². The van der Waals surface area contributed by atoms with Crippen LogP contribution in [0, 0.1) is 0 Å². The van der Waals surface area contributed by atoms with Gasteiger partial charge in [-0.2, -0.15) is 0 Å². The zero-order valence-corrected chi connectivity index (χ0v) is 12.2. The second kappa shape index (κ2) is 6.94. The van der Waals surface area contributed by atoms with Crippen molar-refractivity contribution in [1.29, 1.82) is 0 Å². The maximum atomic E-state index is 3.94. The van der Waals surface area contributed by atoms with Crippen LogP contribution in [0.15, 0.2) is 24.3 Å². The fraction of sp³-hybridized carbons (Fsp3) is 0.571. The van der Waals surface area contributed by atoms with Crippen molar-refractivity contribution in [3.8, 4) is 0 Å². The molecule has 0 saturated carbocycles. The first-order valence-corrected chi connectivity index (χ1v) is 6.93. The van der Waals surface area contributed by atoms with Crippen LogP contribution in [0.3, 0.4) is 0 Å². The maximum absolute atomic E-state index is 3.94. The lowest BCUT2D eigenvalue weighted by molar-refractivity contribution is 0.359. The van der Waals surface area contributed by atoms with Crippen LogP contribution in [-0.4, -0.2) is 24.5 Å². The van der Waals surface area contributed by atoms with Crippen molar-refractivity contribution < 1.29 is 0 Å². The summed E-state index contributed by atoms with van der Waals surface area (Å²) >= 11 is 1.90. The highest BCUT2D eigenvalue weighted by atomic mass is 32.1. The Morgan fingerprint density at radius 2 is 2.06 bits per heavy atom. The SMILES string of the molecule is C=C(C)CN(C)Cc1ccc(CNC(C)C)s1. The fourth-order valence-electron chi connectivity index (χ4n) is 1.69. The highest BCUT2D eigenvalue weighted by molar-refractivity contribution is 7.11. The van der Waals surface area contributed by atoms with E-state index in [2.05, 4.69) is 56.7 Å². The van der Waals surface area contributed by atoms with Crippen LogP contribution in [-0.2, 0) is 13.1 Å². The normalized spacial score (nSPS) is 11.4. The molecule has 1 N–H and O–H groups in total. The van der Waals surface area contributed by atoms with E-state index >= 15 is 0 Å². The van der Waals surface area contributed by atoms with Crippen LogP contribution in [0.2, 0.25) is 0 Å². The Kier molecular flexibility index (Phi) is 5.89. The Morgan fingerprint density at radius 1 is 1.41 bits per heavy atom. The summed E-state index contributed by atoms with van der Waals surface area (Å²) < 4.78 is 0. The second-order valence-corrected chi connectivity index (χ2v) is 6.29. The molecule has 0 radical (unpaired) electrons. The molecule has 3 heteroatoms. The third-order valence-corrected chi connectivity index (χ3v) is 3.44. The minimum absolute atomic E-state index is 0.548. The number of likely N-dealkylation sites (N-methyl/N-ethyl adjacent to an activating group) is 1. The van der Waals surface area contributed by atoms with Crippen molar-refractivity contribution in [2.24, 2.45) is 0 Å². The molecule has 0 aliphatic heterocycles. The van der Waals surface area contributed by atoms with Crippen molar-refractivity contribution in [2.45, 2.75) is 39.9 Å². The van der Waals surface area contributed by atoms with Gasteiger partial charge in [-0.15, -0.1) is 11.3 Å². The van der Waals surface area contributed by atoms with Crippen LogP contribution >= 0.6 is 11.3 Å². The molecule has 1 aromatic rings. The summed E-state index contributed by atoms with van der Waals surface area (Å²) in [6.07, 6.45) is 0. The first-order valence-electron chi connectivity index (χ1n) is 6.11. The van der Waals surface area contributed by atoms with Gasteiger partial charge in [0.05, 0.1) is 0 Å². The molecule has 17 heavy (non-hydrogen) atoms. The topological polar surface area (TPSA) is 15.3 Å². The third kappa shape index (κ3) is 6.01. The second-order valence-electron chi connectivity index (χ2n) is 5.03. The predicted octanol–water partition coefficient (Wildman–Crippen LogP) is 3.25. The van der Waals surface area contributed by atoms with E-state index in [4.69, 9.17) is 0 Å². The first kappa shape index (κ1) is 14.4. The quantitative estimate of drug-likeness (QED) is 0.749. The van der Waals surface area contributed by atoms with Gasteiger partial charge in [-0.1, -0.05) is 26.0 Å². The molecule has 1 aromatic heterocycles. The van der Waals surface area contributed by atoms with Crippen molar-refractivity contribution >= 4 is 11.3 Å². The van der Waals surface area contributed by atoms with Crippen LogP contribution in [0.4, 0.5) is 0 Å². The van der Waals surface area contributed by atoms with Crippen molar-refractivity contribution in [3.05, 3.63) is 34.0 Å². The van der Waals surface area contributed by atoms with E-state index in [0.29, 0.717) is 6.04 Å². The van der Waals surface area contributed by atoms with Gasteiger partial charge in [0.1, 0.15) is 0 Å². The Bertz CT molecular complexity index is 355. The van der Waals surface area contributed by atoms with E-state index in [1.165, 1.54) is 15.3 Å². The number of rotatable bonds is 7. The molecular formula is C14H24N2S. The van der Waals surface area contributed by atoms with Gasteiger partial charge in [0.25, 0.3) is 0 Å². The molecule has 96 valence electrons. The average molecular weight is 252 g/mol. The van der Waals surface area contributed by atoms with Crippen LogP contribution < -0.4 is 5.32 Å². The Morgan fingerprint density at radius 3 is 2.65 bits per heavy atom. The van der Waals surface area contributed by atoms with E-state index in [0.717, 1.165) is 19.6 Å². The van der Waals surface area contributed by atoms with Crippen molar-refractivity contribution in [2.75, 3.05) is 13.6 Å². The van der Waals surface area contributed by atoms with Crippen LogP contribution in [0.5, 0.6) is 0 Å². The Hall–Kier alpha value is -0.640. The molecule has 0 aliphatic carbocycles. The molecule has 0 aromatic carbocycles. The summed E-state index contributed by atoms with van der Waals surface area (Å²) in [4.78, 5) is 5.14. The van der Waals surface area contributed by atoms with E-state index in [1.54, 1.807) is 0 Å². The lowest BCUT2D eigenvalue weighted by Crippen LogP contribution is -2.21. The lowest BCUT2D eigenvalue weighted by Gasteiger charge is -2.15. The Balaban J connectivity index is 2.42. The summed E-state index contributed by atoms with van der Waals surface area (Å²) in [7, 11) is 2.14. The lowest BCUT2D eigenvalue weighted by atomic mass is 10.3. The average Bonchev–Trinajstić information content (AvgIpc) is 2.61. The van der Waals surface area contributed by atoms with E-state index < -0.39 is 0 Å². The van der Waals surface area contributed by atoms with Crippen molar-refractivity contribution in [1.82, 2.24) is 10.2 Å². The summed E-state index contributed by atoms with van der Waals surface area (Å²) in [6, 6.07) is 5.01. The van der Waals surface area contributed by atoms with Gasteiger partial charge in [0.2, 0.25) is 0 Å². The molecule has 1 heterocycles. The summed E-state index contributed by atoms with van der Waals surface area (Å²) in [5.74, 6) is 0. The van der Waals surface area contributed by atoms with Crippen molar-refractivity contribution in [3.63, 3.8) is 0 Å². The molecular weight excluding hydrogens is 228 g/mol. The molecule has 1 rings (SSSR count).